The van der Waals surface area contributed by atoms with E-state index in [9.17, 15) is 0 Å². The van der Waals surface area contributed by atoms with E-state index < -0.39 is 98.6 Å². The summed E-state index contributed by atoms with van der Waals surface area (Å²) in [5.74, 6) is -2.37. The smallest absolute Gasteiger partial charge is 0.166 e. The van der Waals surface area contributed by atoms with E-state index in [1.807, 2.05) is 82.3 Å². The van der Waals surface area contributed by atoms with Gasteiger partial charge in [-0.2, -0.15) is 52.7 Å². The van der Waals surface area contributed by atoms with Gasteiger partial charge in [0.15, 0.2) is 0 Å². The van der Waals surface area contributed by atoms with Crippen LogP contribution in [0, 0.1) is 96.9 Å². The first-order chi connectivity index (χ1) is 43.3. The van der Waals surface area contributed by atoms with Crippen molar-refractivity contribution in [3.63, 3.8) is 0 Å². The summed E-state index contributed by atoms with van der Waals surface area (Å²) in [6.07, 6.45) is -22.9. The molecule has 0 N–H and O–H groups in total. The Morgan fingerprint density at radius 1 is 0.204 bits per heavy atom. The average molecular weight is 1270 g/mol. The van der Waals surface area contributed by atoms with Crippen molar-refractivity contribution in [3.05, 3.63) is 297 Å². The Morgan fingerprint density at radius 3 is 0.667 bits per heavy atom. The molecule has 10 aromatic carbocycles. The molecule has 0 unspecified atom stereocenters. The molecule has 0 aromatic heterocycles. The molecule has 0 aliphatic rings. The zero-order valence-electron chi connectivity index (χ0n) is 54.4. The standard InChI is InChI=1S/C80H71BF12/c1-42-15-43(2)22-56(21-42)59-35-60(57-23-44(3)16-45(4)24-57)37-61(36-59)58-33-54(13)74(68(38-58)77(82,83)84)81(75-55(14)34-66(39-69(75)78(85,86)87)72(62-25-46(5)17-47(6)26-62)63-27-48(7)18-49(8)28-63)76-70(79(88,89)90)40-67(41-71(76)80(91,92)93)73(64-29-50(9)19-51(10)30-64)65-31-52(11)20-53(12)32-65/h15-41,72-73H,1-14H3. The van der Waals surface area contributed by atoms with Gasteiger partial charge in [0.1, 0.15) is 0 Å². The fourth-order valence-electron chi connectivity index (χ4n) is 14.5. The SMILES string of the molecule is Cc1cc(C)cc(-c2cc(-c3cc(C)cc(C)c3)cc(-c3cc(C)c(B(c4c(C)cc(C(c5cc(C)cc(C)c5)c5cc(C)cc(C)c5)cc4C(F)(F)F)c4c(C(F)(F)F)cc(C(c5cc(C)cc(C)c5)c5cc(C)cc(C)c5)cc4C(F)(F)F)c(C(F)(F)F)c3)c2)c1. The third kappa shape index (κ3) is 14.5. The Labute approximate surface area is 537 Å². The van der Waals surface area contributed by atoms with E-state index in [-0.39, 0.29) is 16.7 Å². The first-order valence-electron chi connectivity index (χ1n) is 30.7. The summed E-state index contributed by atoms with van der Waals surface area (Å²) in [5, 5.41) is 0. The molecule has 0 aliphatic heterocycles. The number of hydrogen-bond donors (Lipinski definition) is 0. The Hall–Kier alpha value is -8.58. The highest BCUT2D eigenvalue weighted by Crippen LogP contribution is 2.45. The third-order valence-corrected chi connectivity index (χ3v) is 17.4. The Balaban J connectivity index is 1.38. The molecule has 0 atom stereocenters. The molecule has 0 nitrogen and oxygen atoms in total. The minimum Gasteiger partial charge on any atom is -0.166 e. The van der Waals surface area contributed by atoms with E-state index in [1.165, 1.54) is 12.1 Å². The predicted octanol–water partition coefficient (Wildman–Crippen LogP) is 22.0. The van der Waals surface area contributed by atoms with Crippen molar-refractivity contribution < 1.29 is 52.7 Å². The van der Waals surface area contributed by atoms with Crippen LogP contribution in [0.25, 0.3) is 33.4 Å². The van der Waals surface area contributed by atoms with Crippen LogP contribution in [0.5, 0.6) is 0 Å². The second-order valence-electron chi connectivity index (χ2n) is 26.1. The summed E-state index contributed by atoms with van der Waals surface area (Å²) in [4.78, 5) is 0. The lowest BCUT2D eigenvalue weighted by molar-refractivity contribution is -0.141. The lowest BCUT2D eigenvalue weighted by Crippen LogP contribution is -2.61. The minimum atomic E-state index is -5.84. The minimum absolute atomic E-state index is 0.0455. The van der Waals surface area contributed by atoms with Gasteiger partial charge in [-0.05, 0) is 212 Å². The molecule has 0 radical (unpaired) electrons. The Kier molecular flexibility index (Phi) is 18.1. The summed E-state index contributed by atoms with van der Waals surface area (Å²) in [6.45, 7) is 20.9. The Bertz CT molecular complexity index is 4240. The lowest BCUT2D eigenvalue weighted by atomic mass is 9.32. The molecule has 0 saturated carbocycles. The van der Waals surface area contributed by atoms with E-state index >= 15 is 52.7 Å². The zero-order chi connectivity index (χ0) is 67.9. The van der Waals surface area contributed by atoms with Gasteiger partial charge in [-0.25, -0.2) is 0 Å². The molecule has 13 heteroatoms. The molecule has 0 fully saturated rings. The summed E-state index contributed by atoms with van der Waals surface area (Å²) in [6, 6.07) is 42.6. The van der Waals surface area contributed by atoms with E-state index in [1.54, 1.807) is 128 Å². The molecule has 93 heavy (non-hydrogen) atoms. The molecule has 0 heterocycles. The summed E-state index contributed by atoms with van der Waals surface area (Å²) >= 11 is 0. The number of alkyl halides is 12. The number of hydrogen-bond acceptors (Lipinski definition) is 0. The molecule has 0 saturated heterocycles. The number of aryl methyl sites for hydroxylation is 14. The first kappa shape index (κ1) is 67.3. The second-order valence-corrected chi connectivity index (χ2v) is 26.1. The van der Waals surface area contributed by atoms with Gasteiger partial charge in [0.25, 0.3) is 0 Å². The fraction of sp³-hybridized carbons (Fsp3) is 0.250. The van der Waals surface area contributed by atoms with Crippen molar-refractivity contribution in [2.75, 3.05) is 0 Å². The van der Waals surface area contributed by atoms with Gasteiger partial charge in [-0.1, -0.05) is 210 Å². The van der Waals surface area contributed by atoms with E-state index in [0.717, 1.165) is 58.4 Å². The maximum atomic E-state index is 17.0. The normalized spacial score (nSPS) is 12.4. The molecule has 478 valence electrons. The molecular weight excluding hydrogens is 1200 g/mol. The molecule has 0 bridgehead atoms. The third-order valence-electron chi connectivity index (χ3n) is 17.4. The molecular formula is C80H71BF12. The van der Waals surface area contributed by atoms with E-state index in [0.29, 0.717) is 91.0 Å². The van der Waals surface area contributed by atoms with Gasteiger partial charge in [-0.15, -0.1) is 0 Å². The van der Waals surface area contributed by atoms with Crippen LogP contribution in [0.1, 0.15) is 145 Å². The maximum Gasteiger partial charge on any atom is 0.415 e. The molecule has 10 rings (SSSR count). The van der Waals surface area contributed by atoms with Crippen LogP contribution in [0.2, 0.25) is 0 Å². The van der Waals surface area contributed by atoms with Crippen LogP contribution in [-0.2, 0) is 24.7 Å². The van der Waals surface area contributed by atoms with Crippen molar-refractivity contribution in [1.82, 2.24) is 0 Å². The molecule has 0 spiro atoms. The monoisotopic (exact) mass is 1270 g/mol. The van der Waals surface area contributed by atoms with Crippen molar-refractivity contribution in [1.29, 1.82) is 0 Å². The van der Waals surface area contributed by atoms with Crippen LogP contribution < -0.4 is 16.4 Å². The maximum absolute atomic E-state index is 17.0. The lowest BCUT2D eigenvalue weighted by Gasteiger charge is -2.33. The van der Waals surface area contributed by atoms with Gasteiger partial charge < -0.3 is 0 Å². The van der Waals surface area contributed by atoms with Gasteiger partial charge in [0.05, 0.1) is 22.3 Å². The zero-order valence-corrected chi connectivity index (χ0v) is 54.4. The van der Waals surface area contributed by atoms with Crippen LogP contribution >= 0.6 is 0 Å². The number of benzene rings is 10. The number of halogens is 12. The highest BCUT2D eigenvalue weighted by Gasteiger charge is 2.51. The van der Waals surface area contributed by atoms with Crippen molar-refractivity contribution in [3.8, 4) is 33.4 Å². The van der Waals surface area contributed by atoms with Crippen LogP contribution in [0.4, 0.5) is 52.7 Å². The van der Waals surface area contributed by atoms with Crippen LogP contribution in [0.3, 0.4) is 0 Å². The second kappa shape index (κ2) is 25.0. The average Bonchev–Trinajstić information content (AvgIpc) is 0.717. The molecule has 0 amide bonds. The van der Waals surface area contributed by atoms with Gasteiger partial charge in [-0.3, -0.25) is 0 Å². The number of rotatable bonds is 12. The molecule has 0 aliphatic carbocycles. The fourth-order valence-corrected chi connectivity index (χ4v) is 14.5. The van der Waals surface area contributed by atoms with Crippen molar-refractivity contribution >= 4 is 23.1 Å². The van der Waals surface area contributed by atoms with Crippen molar-refractivity contribution in [2.45, 2.75) is 133 Å². The quantitative estimate of drug-likeness (QED) is 0.0650. The van der Waals surface area contributed by atoms with Gasteiger partial charge >= 0.3 is 24.7 Å². The Morgan fingerprint density at radius 2 is 0.398 bits per heavy atom. The largest absolute Gasteiger partial charge is 0.415 e. The summed E-state index contributed by atoms with van der Waals surface area (Å²) in [5.41, 5.74) is 0.0604. The molecule has 10 aromatic rings. The predicted molar refractivity (Wildman–Crippen MR) is 354 cm³/mol. The van der Waals surface area contributed by atoms with E-state index in [2.05, 4.69) is 0 Å². The van der Waals surface area contributed by atoms with E-state index in [4.69, 9.17) is 0 Å². The summed E-state index contributed by atoms with van der Waals surface area (Å²) in [7, 11) is 0. The van der Waals surface area contributed by atoms with Gasteiger partial charge in [0.2, 0.25) is 6.71 Å². The topological polar surface area (TPSA) is 0 Å². The van der Waals surface area contributed by atoms with Crippen LogP contribution in [0.15, 0.2) is 164 Å². The van der Waals surface area contributed by atoms with Crippen molar-refractivity contribution in [2.24, 2.45) is 0 Å². The highest BCUT2D eigenvalue weighted by atomic mass is 19.4. The first-order valence-corrected chi connectivity index (χ1v) is 30.7. The summed E-state index contributed by atoms with van der Waals surface area (Å²) < 4.78 is 204. The van der Waals surface area contributed by atoms with Crippen LogP contribution in [-0.4, -0.2) is 6.71 Å². The highest BCUT2D eigenvalue weighted by molar-refractivity contribution is 6.97. The van der Waals surface area contributed by atoms with Gasteiger partial charge in [0, 0.05) is 11.8 Å².